The van der Waals surface area contributed by atoms with Gasteiger partial charge in [-0.15, -0.1) is 11.3 Å². The summed E-state index contributed by atoms with van der Waals surface area (Å²) in [6.07, 6.45) is 3.00. The molecule has 0 saturated heterocycles. The highest BCUT2D eigenvalue weighted by Gasteiger charge is 2.15. The third kappa shape index (κ3) is 4.20. The van der Waals surface area contributed by atoms with Crippen LogP contribution in [0.1, 0.15) is 16.1 Å². The Kier molecular flexibility index (Phi) is 4.77. The first-order chi connectivity index (χ1) is 11.9. The Morgan fingerprint density at radius 1 is 1.08 bits per heavy atom. The highest BCUT2D eigenvalue weighted by Crippen LogP contribution is 2.19. The number of carbonyl (C=O) groups is 1. The molecule has 0 aliphatic heterocycles. The number of hydrogen-bond acceptors (Lipinski definition) is 6. The lowest BCUT2D eigenvalue weighted by atomic mass is 10.2. The summed E-state index contributed by atoms with van der Waals surface area (Å²) >= 11 is 1.19. The lowest BCUT2D eigenvalue weighted by Crippen LogP contribution is -2.14. The van der Waals surface area contributed by atoms with E-state index < -0.39 is 10.0 Å². The van der Waals surface area contributed by atoms with E-state index in [1.54, 1.807) is 17.5 Å². The highest BCUT2D eigenvalue weighted by atomic mass is 32.2. The molecule has 0 aliphatic carbocycles. The zero-order valence-electron chi connectivity index (χ0n) is 13.1. The van der Waals surface area contributed by atoms with Crippen molar-refractivity contribution in [2.45, 2.75) is 11.8 Å². The van der Waals surface area contributed by atoms with Crippen molar-refractivity contribution in [3.8, 4) is 0 Å². The van der Waals surface area contributed by atoms with E-state index in [1.165, 1.54) is 48.0 Å². The number of amides is 1. The lowest BCUT2D eigenvalue weighted by Gasteiger charge is -2.08. The summed E-state index contributed by atoms with van der Waals surface area (Å²) in [5, 5.41) is 4.67. The molecule has 1 amide bonds. The second kappa shape index (κ2) is 6.99. The van der Waals surface area contributed by atoms with Crippen LogP contribution in [0, 0.1) is 6.92 Å². The standard InChI is InChI=1S/C16H14N4O3S2/c1-11-2-3-12(10-18-11)15(21)19-13-4-6-14(7-5-13)25(22,23)20-16-17-8-9-24-16/h2-10H,1H3,(H,17,20)(H,19,21). The van der Waals surface area contributed by atoms with E-state index >= 15 is 0 Å². The number of aryl methyl sites for hydroxylation is 1. The van der Waals surface area contributed by atoms with Crippen LogP contribution in [0.3, 0.4) is 0 Å². The molecule has 0 radical (unpaired) electrons. The van der Waals surface area contributed by atoms with Crippen molar-refractivity contribution in [1.82, 2.24) is 9.97 Å². The molecular weight excluding hydrogens is 360 g/mol. The number of nitrogens with one attached hydrogen (secondary N) is 2. The van der Waals surface area contributed by atoms with Gasteiger partial charge in [0.05, 0.1) is 10.5 Å². The molecule has 0 spiro atoms. The van der Waals surface area contributed by atoms with Crippen molar-refractivity contribution in [2.75, 3.05) is 10.0 Å². The third-order valence-corrected chi connectivity index (χ3v) is 5.42. The van der Waals surface area contributed by atoms with Gasteiger partial charge in [-0.25, -0.2) is 13.4 Å². The quantitative estimate of drug-likeness (QED) is 0.715. The monoisotopic (exact) mass is 374 g/mol. The van der Waals surface area contributed by atoms with Gasteiger partial charge in [-0.05, 0) is 43.3 Å². The number of hydrogen-bond donors (Lipinski definition) is 2. The Balaban J connectivity index is 1.71. The second-order valence-electron chi connectivity index (χ2n) is 5.11. The van der Waals surface area contributed by atoms with Crippen molar-refractivity contribution in [1.29, 1.82) is 0 Å². The number of anilines is 2. The van der Waals surface area contributed by atoms with Crippen LogP contribution < -0.4 is 10.0 Å². The number of nitrogens with zero attached hydrogens (tertiary/aromatic N) is 2. The van der Waals surface area contributed by atoms with E-state index in [2.05, 4.69) is 20.0 Å². The van der Waals surface area contributed by atoms with Gasteiger partial charge in [0, 0.05) is 29.2 Å². The predicted octanol–water partition coefficient (Wildman–Crippen LogP) is 2.90. The van der Waals surface area contributed by atoms with Crippen LogP contribution in [0.5, 0.6) is 0 Å². The maximum atomic E-state index is 12.2. The Labute approximate surface area is 148 Å². The molecule has 3 rings (SSSR count). The Morgan fingerprint density at radius 3 is 2.44 bits per heavy atom. The van der Waals surface area contributed by atoms with E-state index in [-0.39, 0.29) is 10.8 Å². The molecule has 9 heteroatoms. The molecule has 2 aromatic heterocycles. The van der Waals surface area contributed by atoms with Crippen LogP contribution >= 0.6 is 11.3 Å². The fourth-order valence-corrected chi connectivity index (χ4v) is 3.76. The number of carbonyl (C=O) groups excluding carboxylic acids is 1. The van der Waals surface area contributed by atoms with Crippen molar-refractivity contribution in [3.05, 3.63) is 65.4 Å². The Hall–Kier alpha value is -2.78. The molecule has 25 heavy (non-hydrogen) atoms. The largest absolute Gasteiger partial charge is 0.322 e. The van der Waals surface area contributed by atoms with Crippen LogP contribution in [0.2, 0.25) is 0 Å². The lowest BCUT2D eigenvalue weighted by molar-refractivity contribution is 0.102. The zero-order chi connectivity index (χ0) is 17.9. The molecular formula is C16H14N4O3S2. The summed E-state index contributed by atoms with van der Waals surface area (Å²) in [6.45, 7) is 1.83. The Bertz CT molecular complexity index is 967. The van der Waals surface area contributed by atoms with Crippen molar-refractivity contribution < 1.29 is 13.2 Å². The van der Waals surface area contributed by atoms with Gasteiger partial charge in [0.1, 0.15) is 0 Å². The maximum absolute atomic E-state index is 12.2. The van der Waals surface area contributed by atoms with Gasteiger partial charge < -0.3 is 5.32 Å². The molecule has 1 aromatic carbocycles. The molecule has 2 heterocycles. The number of rotatable bonds is 5. The molecule has 2 N–H and O–H groups in total. The molecule has 0 unspecified atom stereocenters. The van der Waals surface area contributed by atoms with Crippen LogP contribution in [0.25, 0.3) is 0 Å². The van der Waals surface area contributed by atoms with E-state index in [0.29, 0.717) is 16.4 Å². The molecule has 0 saturated carbocycles. The summed E-state index contributed by atoms with van der Waals surface area (Å²) in [6, 6.07) is 9.30. The minimum absolute atomic E-state index is 0.0812. The summed E-state index contributed by atoms with van der Waals surface area (Å²) < 4.78 is 26.9. The van der Waals surface area contributed by atoms with Gasteiger partial charge in [-0.2, -0.15) is 0 Å². The fraction of sp³-hybridized carbons (Fsp3) is 0.0625. The molecule has 7 nitrogen and oxygen atoms in total. The Morgan fingerprint density at radius 2 is 1.84 bits per heavy atom. The molecule has 0 bridgehead atoms. The molecule has 3 aromatic rings. The van der Waals surface area contributed by atoms with E-state index in [0.717, 1.165) is 5.69 Å². The first-order valence-corrected chi connectivity index (χ1v) is 9.57. The molecule has 0 atom stereocenters. The summed E-state index contributed by atoms with van der Waals surface area (Å²) in [4.78, 5) is 20.2. The van der Waals surface area contributed by atoms with Gasteiger partial charge >= 0.3 is 0 Å². The number of sulfonamides is 1. The normalized spacial score (nSPS) is 11.1. The molecule has 128 valence electrons. The van der Waals surface area contributed by atoms with Gasteiger partial charge in [0.15, 0.2) is 5.13 Å². The minimum Gasteiger partial charge on any atom is -0.322 e. The number of aromatic nitrogens is 2. The van der Waals surface area contributed by atoms with Gasteiger partial charge in [-0.3, -0.25) is 14.5 Å². The van der Waals surface area contributed by atoms with Crippen LogP contribution in [-0.4, -0.2) is 24.3 Å². The molecule has 0 fully saturated rings. The topological polar surface area (TPSA) is 101 Å². The first kappa shape index (κ1) is 17.1. The smallest absolute Gasteiger partial charge is 0.263 e. The predicted molar refractivity (Wildman–Crippen MR) is 96.3 cm³/mol. The van der Waals surface area contributed by atoms with Gasteiger partial charge in [0.25, 0.3) is 15.9 Å². The van der Waals surface area contributed by atoms with Crippen molar-refractivity contribution >= 4 is 38.1 Å². The zero-order valence-corrected chi connectivity index (χ0v) is 14.8. The second-order valence-corrected chi connectivity index (χ2v) is 7.69. The summed E-state index contributed by atoms with van der Waals surface area (Å²) in [7, 11) is -3.71. The SMILES string of the molecule is Cc1ccc(C(=O)Nc2ccc(S(=O)(=O)Nc3nccs3)cc2)cn1. The number of thiazole rings is 1. The number of benzene rings is 1. The average Bonchev–Trinajstić information content (AvgIpc) is 3.08. The first-order valence-electron chi connectivity index (χ1n) is 7.20. The van der Waals surface area contributed by atoms with Crippen LogP contribution in [-0.2, 0) is 10.0 Å². The van der Waals surface area contributed by atoms with E-state index in [1.807, 2.05) is 6.92 Å². The third-order valence-electron chi connectivity index (χ3n) is 3.25. The van der Waals surface area contributed by atoms with Crippen molar-refractivity contribution in [2.24, 2.45) is 0 Å². The van der Waals surface area contributed by atoms with Gasteiger partial charge in [-0.1, -0.05) is 0 Å². The maximum Gasteiger partial charge on any atom is 0.263 e. The van der Waals surface area contributed by atoms with Crippen LogP contribution in [0.4, 0.5) is 10.8 Å². The minimum atomic E-state index is -3.71. The van der Waals surface area contributed by atoms with Crippen molar-refractivity contribution in [3.63, 3.8) is 0 Å². The summed E-state index contributed by atoms with van der Waals surface area (Å²) in [5.74, 6) is -0.316. The van der Waals surface area contributed by atoms with Crippen LogP contribution in [0.15, 0.2) is 59.1 Å². The van der Waals surface area contributed by atoms with E-state index in [4.69, 9.17) is 0 Å². The van der Waals surface area contributed by atoms with E-state index in [9.17, 15) is 13.2 Å². The van der Waals surface area contributed by atoms with Gasteiger partial charge in [0.2, 0.25) is 0 Å². The fourth-order valence-electron chi connectivity index (χ4n) is 1.97. The molecule has 0 aliphatic rings. The average molecular weight is 374 g/mol. The highest BCUT2D eigenvalue weighted by molar-refractivity contribution is 7.93. The number of pyridine rings is 1. The summed E-state index contributed by atoms with van der Waals surface area (Å²) in [5.41, 5.74) is 1.73.